The highest BCUT2D eigenvalue weighted by atomic mass is 35.5. The van der Waals surface area contributed by atoms with Crippen LogP contribution in [-0.2, 0) is 12.8 Å². The fraction of sp³-hybridized carbons (Fsp3) is 0.455. The van der Waals surface area contributed by atoms with E-state index in [1.807, 2.05) is 12.1 Å². The Morgan fingerprint density at radius 3 is 3.00 bits per heavy atom. The molecule has 0 saturated heterocycles. The zero-order valence-electron chi connectivity index (χ0n) is 8.22. The largest absolute Gasteiger partial charge is 0.497 e. The van der Waals surface area contributed by atoms with E-state index < -0.39 is 0 Å². The van der Waals surface area contributed by atoms with Gasteiger partial charge in [0.1, 0.15) is 5.75 Å². The lowest BCUT2D eigenvalue weighted by Gasteiger charge is -2.22. The summed E-state index contributed by atoms with van der Waals surface area (Å²) in [6.45, 7) is 0. The van der Waals surface area contributed by atoms with Crippen LogP contribution in [0.15, 0.2) is 12.1 Å². The van der Waals surface area contributed by atoms with Gasteiger partial charge < -0.3 is 10.5 Å². The van der Waals surface area contributed by atoms with Crippen LogP contribution < -0.4 is 10.5 Å². The number of nitrogens with two attached hydrogens (primary N) is 1. The molecule has 0 heterocycles. The highest BCUT2D eigenvalue weighted by Gasteiger charge is 2.18. The van der Waals surface area contributed by atoms with E-state index in [4.69, 9.17) is 22.1 Å². The van der Waals surface area contributed by atoms with E-state index in [1.54, 1.807) is 7.11 Å². The molecule has 0 amide bonds. The van der Waals surface area contributed by atoms with Crippen LogP contribution in [0, 0.1) is 0 Å². The van der Waals surface area contributed by atoms with Crippen molar-refractivity contribution in [1.82, 2.24) is 0 Å². The van der Waals surface area contributed by atoms with E-state index in [0.29, 0.717) is 0 Å². The van der Waals surface area contributed by atoms with Gasteiger partial charge in [-0.1, -0.05) is 11.6 Å². The Morgan fingerprint density at radius 1 is 1.50 bits per heavy atom. The maximum Gasteiger partial charge on any atom is 0.120 e. The SMILES string of the molecule is COc1cc(Cl)c2c(c1)C[C@H](N)CC2. The number of hydrogen-bond donors (Lipinski definition) is 1. The molecule has 2 N–H and O–H groups in total. The minimum atomic E-state index is 0.269. The molecule has 1 atom stereocenters. The molecule has 0 unspecified atom stereocenters. The monoisotopic (exact) mass is 211 g/mol. The van der Waals surface area contributed by atoms with Gasteiger partial charge in [-0.3, -0.25) is 0 Å². The minimum absolute atomic E-state index is 0.269. The number of benzene rings is 1. The van der Waals surface area contributed by atoms with E-state index in [1.165, 1.54) is 11.1 Å². The van der Waals surface area contributed by atoms with E-state index >= 15 is 0 Å². The van der Waals surface area contributed by atoms with Crippen molar-refractivity contribution in [3.05, 3.63) is 28.3 Å². The van der Waals surface area contributed by atoms with Gasteiger partial charge in [0.05, 0.1) is 7.11 Å². The standard InChI is InChI=1S/C11H14ClNO/c1-14-9-5-7-4-8(13)2-3-10(7)11(12)6-9/h5-6,8H,2-4,13H2,1H3/t8-/m1/s1. The lowest BCUT2D eigenvalue weighted by Crippen LogP contribution is -2.27. The average molecular weight is 212 g/mol. The summed E-state index contributed by atoms with van der Waals surface area (Å²) in [6.07, 6.45) is 2.92. The van der Waals surface area contributed by atoms with Crippen LogP contribution in [0.25, 0.3) is 0 Å². The number of methoxy groups -OCH3 is 1. The Labute approximate surface area is 89.0 Å². The minimum Gasteiger partial charge on any atom is -0.497 e. The second kappa shape index (κ2) is 3.79. The maximum atomic E-state index is 6.15. The fourth-order valence-electron chi connectivity index (χ4n) is 1.96. The van der Waals surface area contributed by atoms with Gasteiger partial charge in [-0.2, -0.15) is 0 Å². The Hall–Kier alpha value is -0.730. The summed E-state index contributed by atoms with van der Waals surface area (Å²) in [5, 5.41) is 0.811. The fourth-order valence-corrected chi connectivity index (χ4v) is 2.28. The van der Waals surface area contributed by atoms with E-state index in [2.05, 4.69) is 0 Å². The molecular weight excluding hydrogens is 198 g/mol. The molecule has 0 radical (unpaired) electrons. The highest BCUT2D eigenvalue weighted by Crippen LogP contribution is 2.31. The van der Waals surface area contributed by atoms with Crippen molar-refractivity contribution in [2.24, 2.45) is 5.73 Å². The van der Waals surface area contributed by atoms with Crippen molar-refractivity contribution in [3.63, 3.8) is 0 Å². The smallest absolute Gasteiger partial charge is 0.120 e. The molecule has 76 valence electrons. The number of fused-ring (bicyclic) bond motifs is 1. The van der Waals surface area contributed by atoms with Gasteiger partial charge in [0.2, 0.25) is 0 Å². The summed E-state index contributed by atoms with van der Waals surface area (Å²) in [5.41, 5.74) is 8.40. The van der Waals surface area contributed by atoms with Crippen molar-refractivity contribution in [2.75, 3.05) is 7.11 Å². The van der Waals surface area contributed by atoms with Gasteiger partial charge in [0.25, 0.3) is 0 Å². The van der Waals surface area contributed by atoms with Crippen LogP contribution in [0.5, 0.6) is 5.75 Å². The molecule has 14 heavy (non-hydrogen) atoms. The van der Waals surface area contributed by atoms with Crippen molar-refractivity contribution < 1.29 is 4.74 Å². The van der Waals surface area contributed by atoms with Crippen molar-refractivity contribution in [3.8, 4) is 5.75 Å². The number of ether oxygens (including phenoxy) is 1. The summed E-state index contributed by atoms with van der Waals surface area (Å²) in [7, 11) is 1.65. The molecule has 1 aliphatic rings. The summed E-state index contributed by atoms with van der Waals surface area (Å²) in [4.78, 5) is 0. The molecule has 0 saturated carbocycles. The van der Waals surface area contributed by atoms with E-state index in [0.717, 1.165) is 30.0 Å². The molecule has 0 spiro atoms. The summed E-state index contributed by atoms with van der Waals surface area (Å²) in [5.74, 6) is 0.822. The quantitative estimate of drug-likeness (QED) is 0.773. The first kappa shape index (κ1) is 9.81. The van der Waals surface area contributed by atoms with Gasteiger partial charge >= 0.3 is 0 Å². The molecule has 3 heteroatoms. The molecule has 1 aromatic rings. The number of rotatable bonds is 1. The summed E-state index contributed by atoms with van der Waals surface area (Å²) >= 11 is 6.15. The van der Waals surface area contributed by atoms with Crippen LogP contribution in [0.1, 0.15) is 17.5 Å². The van der Waals surface area contributed by atoms with Gasteiger partial charge in [-0.15, -0.1) is 0 Å². The first-order chi connectivity index (χ1) is 6.70. The maximum absolute atomic E-state index is 6.15. The van der Waals surface area contributed by atoms with Crippen LogP contribution in [0.3, 0.4) is 0 Å². The van der Waals surface area contributed by atoms with Crippen LogP contribution >= 0.6 is 11.6 Å². The van der Waals surface area contributed by atoms with Crippen LogP contribution in [0.4, 0.5) is 0 Å². The zero-order valence-corrected chi connectivity index (χ0v) is 8.97. The Kier molecular flexibility index (Phi) is 2.66. The average Bonchev–Trinajstić information content (AvgIpc) is 2.16. The highest BCUT2D eigenvalue weighted by molar-refractivity contribution is 6.31. The summed E-state index contributed by atoms with van der Waals surface area (Å²) < 4.78 is 5.17. The first-order valence-corrected chi connectivity index (χ1v) is 5.19. The predicted octanol–water partition coefficient (Wildman–Crippen LogP) is 2.16. The molecule has 0 bridgehead atoms. The Bertz CT molecular complexity index is 351. The van der Waals surface area contributed by atoms with Crippen LogP contribution in [0.2, 0.25) is 5.02 Å². The number of hydrogen-bond acceptors (Lipinski definition) is 2. The molecule has 0 fully saturated rings. The Morgan fingerprint density at radius 2 is 2.29 bits per heavy atom. The van der Waals surface area contributed by atoms with Crippen molar-refractivity contribution >= 4 is 11.6 Å². The molecule has 2 nitrogen and oxygen atoms in total. The van der Waals surface area contributed by atoms with E-state index in [9.17, 15) is 0 Å². The lowest BCUT2D eigenvalue weighted by molar-refractivity contribution is 0.413. The predicted molar refractivity (Wildman–Crippen MR) is 58.0 cm³/mol. The molecule has 1 aliphatic carbocycles. The van der Waals surface area contributed by atoms with Crippen molar-refractivity contribution in [2.45, 2.75) is 25.3 Å². The Balaban J connectivity index is 2.43. The topological polar surface area (TPSA) is 35.2 Å². The molecular formula is C11H14ClNO. The van der Waals surface area contributed by atoms with Gasteiger partial charge in [-0.25, -0.2) is 0 Å². The van der Waals surface area contributed by atoms with Gasteiger partial charge in [0.15, 0.2) is 0 Å². The first-order valence-electron chi connectivity index (χ1n) is 4.81. The second-order valence-corrected chi connectivity index (χ2v) is 4.16. The number of halogens is 1. The van der Waals surface area contributed by atoms with Crippen LogP contribution in [-0.4, -0.2) is 13.2 Å². The van der Waals surface area contributed by atoms with E-state index in [-0.39, 0.29) is 6.04 Å². The second-order valence-electron chi connectivity index (χ2n) is 3.75. The third-order valence-corrected chi connectivity index (χ3v) is 3.08. The third kappa shape index (κ3) is 1.72. The van der Waals surface area contributed by atoms with Crippen molar-refractivity contribution in [1.29, 1.82) is 0 Å². The molecule has 2 rings (SSSR count). The lowest BCUT2D eigenvalue weighted by atomic mass is 9.88. The zero-order chi connectivity index (χ0) is 10.1. The van der Waals surface area contributed by atoms with Gasteiger partial charge in [-0.05, 0) is 42.5 Å². The third-order valence-electron chi connectivity index (χ3n) is 2.74. The molecule has 0 aliphatic heterocycles. The van der Waals surface area contributed by atoms with Gasteiger partial charge in [0, 0.05) is 11.1 Å². The summed E-state index contributed by atoms with van der Waals surface area (Å²) in [6, 6.07) is 4.18. The molecule has 1 aromatic carbocycles. The normalized spacial score (nSPS) is 20.4. The molecule has 0 aromatic heterocycles.